The molecule has 1 heterocycles. The van der Waals surface area contributed by atoms with Gasteiger partial charge in [-0.1, -0.05) is 38.1 Å². The third kappa shape index (κ3) is 4.70. The minimum absolute atomic E-state index is 0.275. The van der Waals surface area contributed by atoms with Gasteiger partial charge in [0.1, 0.15) is 11.5 Å². The van der Waals surface area contributed by atoms with Crippen LogP contribution < -0.4 is 10.6 Å². The highest BCUT2D eigenvalue weighted by atomic mass is 16.1. The van der Waals surface area contributed by atoms with E-state index in [0.29, 0.717) is 11.7 Å². The Morgan fingerprint density at radius 1 is 0.963 bits per heavy atom. The quantitative estimate of drug-likeness (QED) is 0.655. The fourth-order valence-electron chi connectivity index (χ4n) is 3.00. The Morgan fingerprint density at radius 2 is 1.67 bits per heavy atom. The molecule has 0 saturated heterocycles. The summed E-state index contributed by atoms with van der Waals surface area (Å²) >= 11 is 0. The number of aryl methyl sites for hydroxylation is 2. The maximum atomic E-state index is 12.4. The number of rotatable bonds is 5. The van der Waals surface area contributed by atoms with E-state index in [0.717, 1.165) is 22.5 Å². The Bertz CT molecular complexity index is 929. The summed E-state index contributed by atoms with van der Waals surface area (Å²) in [5.74, 6) is 0.720. The lowest BCUT2D eigenvalue weighted by molar-refractivity contribution is 0.102. The van der Waals surface area contributed by atoms with Gasteiger partial charge in [-0.25, -0.2) is 9.97 Å². The van der Waals surface area contributed by atoms with Gasteiger partial charge >= 0.3 is 0 Å². The standard InChI is InChI=1S/C22H24N4O/c1-14(2)18-7-5-6-8-19(18)26-21-13-23-20(12-24-21)22(27)25-17-10-15(3)9-16(4)11-17/h5-14H,1-4H3,(H,24,26)(H,25,27). The first-order valence-electron chi connectivity index (χ1n) is 9.00. The topological polar surface area (TPSA) is 66.9 Å². The normalized spacial score (nSPS) is 10.7. The number of benzene rings is 2. The fourth-order valence-corrected chi connectivity index (χ4v) is 3.00. The number of anilines is 3. The number of aromatic nitrogens is 2. The Balaban J connectivity index is 1.72. The maximum absolute atomic E-state index is 12.4. The largest absolute Gasteiger partial charge is 0.339 e. The maximum Gasteiger partial charge on any atom is 0.275 e. The van der Waals surface area contributed by atoms with E-state index in [-0.39, 0.29) is 11.6 Å². The highest BCUT2D eigenvalue weighted by Gasteiger charge is 2.11. The minimum Gasteiger partial charge on any atom is -0.339 e. The minimum atomic E-state index is -0.276. The SMILES string of the molecule is Cc1cc(C)cc(NC(=O)c2cnc(Nc3ccccc3C(C)C)cn2)c1. The van der Waals surface area contributed by atoms with Gasteiger partial charge in [-0.15, -0.1) is 0 Å². The Kier molecular flexibility index (Phi) is 5.50. The van der Waals surface area contributed by atoms with Gasteiger partial charge in [0.25, 0.3) is 5.91 Å². The smallest absolute Gasteiger partial charge is 0.275 e. The van der Waals surface area contributed by atoms with Crippen LogP contribution in [0.25, 0.3) is 0 Å². The molecule has 5 heteroatoms. The van der Waals surface area contributed by atoms with Gasteiger partial charge in [0.15, 0.2) is 0 Å². The van der Waals surface area contributed by atoms with Gasteiger partial charge in [0, 0.05) is 11.4 Å². The lowest BCUT2D eigenvalue weighted by Gasteiger charge is -2.14. The second kappa shape index (κ2) is 7.99. The van der Waals surface area contributed by atoms with Gasteiger partial charge in [-0.3, -0.25) is 4.79 Å². The molecule has 0 aliphatic carbocycles. The molecule has 27 heavy (non-hydrogen) atoms. The lowest BCUT2D eigenvalue weighted by Crippen LogP contribution is -2.14. The highest BCUT2D eigenvalue weighted by molar-refractivity contribution is 6.02. The second-order valence-electron chi connectivity index (χ2n) is 6.98. The van der Waals surface area contributed by atoms with Gasteiger partial charge in [-0.05, 0) is 54.7 Å². The zero-order valence-corrected chi connectivity index (χ0v) is 16.1. The number of carbonyl (C=O) groups is 1. The number of amides is 1. The highest BCUT2D eigenvalue weighted by Crippen LogP contribution is 2.26. The van der Waals surface area contributed by atoms with E-state index < -0.39 is 0 Å². The summed E-state index contributed by atoms with van der Waals surface area (Å²) in [4.78, 5) is 21.0. The molecule has 0 bridgehead atoms. The summed E-state index contributed by atoms with van der Waals surface area (Å²) in [5.41, 5.74) is 5.42. The number of nitrogens with zero attached hydrogens (tertiary/aromatic N) is 2. The Morgan fingerprint density at radius 3 is 2.30 bits per heavy atom. The third-order valence-corrected chi connectivity index (χ3v) is 4.21. The molecule has 0 spiro atoms. The number of carbonyl (C=O) groups excluding carboxylic acids is 1. The summed E-state index contributed by atoms with van der Waals surface area (Å²) in [7, 11) is 0. The van der Waals surface area contributed by atoms with Crippen molar-refractivity contribution in [2.45, 2.75) is 33.6 Å². The second-order valence-corrected chi connectivity index (χ2v) is 6.98. The molecule has 2 aromatic carbocycles. The Labute approximate surface area is 159 Å². The first kappa shape index (κ1) is 18.6. The van der Waals surface area contributed by atoms with E-state index >= 15 is 0 Å². The lowest BCUT2D eigenvalue weighted by atomic mass is 10.0. The van der Waals surface area contributed by atoms with Crippen molar-refractivity contribution in [2.75, 3.05) is 10.6 Å². The van der Waals surface area contributed by atoms with Crippen LogP contribution in [0.15, 0.2) is 54.9 Å². The predicted molar refractivity (Wildman–Crippen MR) is 110 cm³/mol. The summed E-state index contributed by atoms with van der Waals surface area (Å²) in [6, 6.07) is 14.0. The van der Waals surface area contributed by atoms with Gasteiger partial charge < -0.3 is 10.6 Å². The molecular weight excluding hydrogens is 336 g/mol. The first-order chi connectivity index (χ1) is 12.9. The van der Waals surface area contributed by atoms with Crippen LogP contribution in [0.4, 0.5) is 17.2 Å². The van der Waals surface area contributed by atoms with Crippen LogP contribution in [0.2, 0.25) is 0 Å². The zero-order valence-electron chi connectivity index (χ0n) is 16.1. The van der Waals surface area contributed by atoms with Crippen molar-refractivity contribution >= 4 is 23.1 Å². The molecule has 0 aliphatic rings. The van der Waals surface area contributed by atoms with E-state index in [1.165, 1.54) is 11.8 Å². The molecule has 1 amide bonds. The molecule has 2 N–H and O–H groups in total. The van der Waals surface area contributed by atoms with Crippen LogP contribution in [-0.2, 0) is 0 Å². The summed E-state index contributed by atoms with van der Waals surface area (Å²) < 4.78 is 0. The van der Waals surface area contributed by atoms with Crippen molar-refractivity contribution in [3.05, 3.63) is 77.2 Å². The molecule has 5 nitrogen and oxygen atoms in total. The van der Waals surface area contributed by atoms with E-state index in [2.05, 4.69) is 46.6 Å². The van der Waals surface area contributed by atoms with Crippen LogP contribution in [0.3, 0.4) is 0 Å². The molecule has 3 rings (SSSR count). The molecular formula is C22H24N4O. The third-order valence-electron chi connectivity index (χ3n) is 4.21. The van der Waals surface area contributed by atoms with Gasteiger partial charge in [0.05, 0.1) is 12.4 Å². The van der Waals surface area contributed by atoms with Crippen LogP contribution >= 0.6 is 0 Å². The van der Waals surface area contributed by atoms with Crippen LogP contribution in [0.5, 0.6) is 0 Å². The average Bonchev–Trinajstić information content (AvgIpc) is 2.61. The van der Waals surface area contributed by atoms with E-state index in [1.54, 1.807) is 6.20 Å². The van der Waals surface area contributed by atoms with Gasteiger partial charge in [0.2, 0.25) is 0 Å². The van der Waals surface area contributed by atoms with Crippen molar-refractivity contribution in [2.24, 2.45) is 0 Å². The number of para-hydroxylation sites is 1. The van der Waals surface area contributed by atoms with E-state index in [1.807, 2.05) is 44.2 Å². The summed E-state index contributed by atoms with van der Waals surface area (Å²) in [6.45, 7) is 8.29. The summed E-state index contributed by atoms with van der Waals surface area (Å²) in [6.07, 6.45) is 3.06. The Hall–Kier alpha value is -3.21. The molecule has 0 radical (unpaired) electrons. The first-order valence-corrected chi connectivity index (χ1v) is 9.00. The van der Waals surface area contributed by atoms with Crippen molar-refractivity contribution in [1.29, 1.82) is 0 Å². The van der Waals surface area contributed by atoms with Crippen LogP contribution in [-0.4, -0.2) is 15.9 Å². The number of hydrogen-bond acceptors (Lipinski definition) is 4. The molecule has 0 saturated carbocycles. The number of nitrogens with one attached hydrogen (secondary N) is 2. The molecule has 3 aromatic rings. The van der Waals surface area contributed by atoms with Crippen LogP contribution in [0, 0.1) is 13.8 Å². The number of hydrogen-bond donors (Lipinski definition) is 2. The van der Waals surface area contributed by atoms with Crippen LogP contribution in [0.1, 0.15) is 46.9 Å². The van der Waals surface area contributed by atoms with E-state index in [9.17, 15) is 4.79 Å². The molecule has 1 aromatic heterocycles. The molecule has 0 aliphatic heterocycles. The van der Waals surface area contributed by atoms with Crippen molar-refractivity contribution in [1.82, 2.24) is 9.97 Å². The molecule has 0 fully saturated rings. The van der Waals surface area contributed by atoms with Crippen molar-refractivity contribution < 1.29 is 4.79 Å². The van der Waals surface area contributed by atoms with E-state index in [4.69, 9.17) is 0 Å². The van der Waals surface area contributed by atoms with Gasteiger partial charge in [-0.2, -0.15) is 0 Å². The van der Waals surface area contributed by atoms with Crippen molar-refractivity contribution in [3.8, 4) is 0 Å². The molecule has 0 atom stereocenters. The zero-order chi connectivity index (χ0) is 19.4. The monoisotopic (exact) mass is 360 g/mol. The average molecular weight is 360 g/mol. The van der Waals surface area contributed by atoms with Crippen molar-refractivity contribution in [3.63, 3.8) is 0 Å². The fraction of sp³-hybridized carbons (Fsp3) is 0.227. The molecule has 138 valence electrons. The summed E-state index contributed by atoms with van der Waals surface area (Å²) in [5, 5.41) is 6.15. The molecule has 0 unspecified atom stereocenters. The predicted octanol–water partition coefficient (Wildman–Crippen LogP) is 5.21.